The zero-order valence-electron chi connectivity index (χ0n) is 10.3. The Morgan fingerprint density at radius 3 is 2.13 bits per heavy atom. The Morgan fingerprint density at radius 2 is 1.53 bits per heavy atom. The van der Waals surface area contributed by atoms with Crippen LogP contribution < -0.4 is 0 Å². The highest BCUT2D eigenvalue weighted by Crippen LogP contribution is 2.45. The Balaban J connectivity index is 1.89. The van der Waals surface area contributed by atoms with E-state index >= 15 is 0 Å². The predicted molar refractivity (Wildman–Crippen MR) is 62.6 cm³/mol. The molecule has 2 saturated carbocycles. The molecule has 1 heteroatoms. The molecular weight excluding hydrogens is 187 g/mol. The third-order valence-electron chi connectivity index (χ3n) is 4.72. The zero-order valence-corrected chi connectivity index (χ0v) is 10.3. The number of halogens is 1. The minimum Gasteiger partial charge on any atom is -0.247 e. The van der Waals surface area contributed by atoms with Crippen molar-refractivity contribution in [2.75, 3.05) is 0 Å². The molecule has 0 aromatic heterocycles. The molecule has 2 aliphatic carbocycles. The number of rotatable bonds is 1. The fourth-order valence-electron chi connectivity index (χ4n) is 3.50. The normalized spacial score (nSPS) is 37.8. The van der Waals surface area contributed by atoms with Crippen LogP contribution in [-0.2, 0) is 0 Å². The van der Waals surface area contributed by atoms with Crippen molar-refractivity contribution >= 4 is 0 Å². The second-order valence-electron chi connectivity index (χ2n) is 6.47. The average molecular weight is 212 g/mol. The van der Waals surface area contributed by atoms with Gasteiger partial charge in [-0.15, -0.1) is 0 Å². The maximum absolute atomic E-state index is 13.8. The van der Waals surface area contributed by atoms with Gasteiger partial charge in [0.1, 0.15) is 6.17 Å². The second-order valence-corrected chi connectivity index (χ2v) is 6.47. The first-order valence-corrected chi connectivity index (χ1v) is 6.72. The van der Waals surface area contributed by atoms with Gasteiger partial charge in [-0.05, 0) is 55.8 Å². The molecule has 0 amide bonds. The van der Waals surface area contributed by atoms with Crippen LogP contribution in [0.4, 0.5) is 4.39 Å². The van der Waals surface area contributed by atoms with Crippen molar-refractivity contribution in [3.05, 3.63) is 0 Å². The third-order valence-corrected chi connectivity index (χ3v) is 4.72. The molecule has 0 aromatic rings. The lowest BCUT2D eigenvalue weighted by molar-refractivity contribution is 0.0655. The lowest BCUT2D eigenvalue weighted by atomic mass is 9.66. The van der Waals surface area contributed by atoms with Crippen LogP contribution in [-0.4, -0.2) is 6.17 Å². The van der Waals surface area contributed by atoms with Gasteiger partial charge in [-0.1, -0.05) is 26.7 Å². The van der Waals surface area contributed by atoms with E-state index in [1.165, 1.54) is 32.1 Å². The maximum Gasteiger partial charge on any atom is 0.103 e. The summed E-state index contributed by atoms with van der Waals surface area (Å²) in [6.45, 7) is 4.72. The predicted octanol–water partition coefficient (Wildman–Crippen LogP) is 4.73. The molecule has 0 saturated heterocycles. The van der Waals surface area contributed by atoms with Crippen LogP contribution in [0.3, 0.4) is 0 Å². The summed E-state index contributed by atoms with van der Waals surface area (Å²) >= 11 is 0. The summed E-state index contributed by atoms with van der Waals surface area (Å²) in [5.41, 5.74) is 0.525. The van der Waals surface area contributed by atoms with E-state index in [-0.39, 0.29) is 0 Å². The van der Waals surface area contributed by atoms with E-state index in [1.807, 2.05) is 0 Å². The van der Waals surface area contributed by atoms with Gasteiger partial charge < -0.3 is 0 Å². The maximum atomic E-state index is 13.8. The van der Waals surface area contributed by atoms with Crippen LogP contribution in [0.5, 0.6) is 0 Å². The van der Waals surface area contributed by atoms with E-state index in [1.54, 1.807) is 0 Å². The fourth-order valence-corrected chi connectivity index (χ4v) is 3.50. The van der Waals surface area contributed by atoms with Crippen LogP contribution in [0.15, 0.2) is 0 Å². The topological polar surface area (TPSA) is 0 Å². The quantitative estimate of drug-likeness (QED) is 0.589. The molecule has 0 bridgehead atoms. The largest absolute Gasteiger partial charge is 0.247 e. The molecule has 0 radical (unpaired) electrons. The summed E-state index contributed by atoms with van der Waals surface area (Å²) < 4.78 is 13.8. The Kier molecular flexibility index (Phi) is 3.37. The molecule has 0 aliphatic heterocycles. The minimum atomic E-state index is -0.482. The van der Waals surface area contributed by atoms with Crippen LogP contribution >= 0.6 is 0 Å². The van der Waals surface area contributed by atoms with Crippen molar-refractivity contribution in [3.63, 3.8) is 0 Å². The van der Waals surface area contributed by atoms with Gasteiger partial charge in [0.05, 0.1) is 0 Å². The molecule has 2 fully saturated rings. The lowest BCUT2D eigenvalue weighted by Crippen LogP contribution is -2.32. The van der Waals surface area contributed by atoms with E-state index in [0.717, 1.165) is 19.3 Å². The lowest BCUT2D eigenvalue weighted by Gasteiger charge is -2.40. The summed E-state index contributed by atoms with van der Waals surface area (Å²) in [5.74, 6) is 1.11. The van der Waals surface area contributed by atoms with Gasteiger partial charge in [-0.3, -0.25) is 0 Å². The average Bonchev–Trinajstić information content (AvgIpc) is 2.19. The molecule has 15 heavy (non-hydrogen) atoms. The SMILES string of the molecule is CC1(C)CCC(C2CCCCC2F)CC1. The van der Waals surface area contributed by atoms with E-state index in [0.29, 0.717) is 17.3 Å². The van der Waals surface area contributed by atoms with Crippen molar-refractivity contribution < 1.29 is 4.39 Å². The van der Waals surface area contributed by atoms with E-state index in [9.17, 15) is 4.39 Å². The van der Waals surface area contributed by atoms with E-state index in [2.05, 4.69) is 13.8 Å². The fraction of sp³-hybridized carbons (Fsp3) is 1.00. The first kappa shape index (κ1) is 11.4. The zero-order chi connectivity index (χ0) is 10.9. The Bertz CT molecular complexity index is 199. The Labute approximate surface area is 93.6 Å². The summed E-state index contributed by atoms with van der Waals surface area (Å²) in [5, 5.41) is 0. The molecule has 0 aromatic carbocycles. The molecule has 2 aliphatic rings. The van der Waals surface area contributed by atoms with Crippen molar-refractivity contribution in [2.24, 2.45) is 17.3 Å². The summed E-state index contributed by atoms with van der Waals surface area (Å²) in [7, 11) is 0. The van der Waals surface area contributed by atoms with Crippen molar-refractivity contribution in [2.45, 2.75) is 71.4 Å². The van der Waals surface area contributed by atoms with Crippen LogP contribution in [0.25, 0.3) is 0 Å². The number of alkyl halides is 1. The highest BCUT2D eigenvalue weighted by molar-refractivity contribution is 4.86. The van der Waals surface area contributed by atoms with Gasteiger partial charge in [0, 0.05) is 0 Å². The molecule has 0 N–H and O–H groups in total. The summed E-state index contributed by atoms with van der Waals surface area (Å²) in [6, 6.07) is 0. The highest BCUT2D eigenvalue weighted by atomic mass is 19.1. The van der Waals surface area contributed by atoms with Crippen molar-refractivity contribution in [3.8, 4) is 0 Å². The molecule has 0 heterocycles. The van der Waals surface area contributed by atoms with E-state index in [4.69, 9.17) is 0 Å². The minimum absolute atomic E-state index is 0.412. The molecular formula is C14H25F. The monoisotopic (exact) mass is 212 g/mol. The van der Waals surface area contributed by atoms with Gasteiger partial charge in [-0.2, -0.15) is 0 Å². The first-order chi connectivity index (χ1) is 7.08. The molecule has 2 atom stereocenters. The van der Waals surface area contributed by atoms with Gasteiger partial charge in [-0.25, -0.2) is 4.39 Å². The molecule has 2 unspecified atom stereocenters. The Morgan fingerprint density at radius 1 is 0.933 bits per heavy atom. The molecule has 0 spiro atoms. The Hall–Kier alpha value is -0.0700. The van der Waals surface area contributed by atoms with Gasteiger partial charge in [0.25, 0.3) is 0 Å². The second kappa shape index (κ2) is 4.43. The molecule has 88 valence electrons. The van der Waals surface area contributed by atoms with E-state index < -0.39 is 6.17 Å². The number of hydrogen-bond acceptors (Lipinski definition) is 0. The summed E-state index contributed by atoms with van der Waals surface area (Å²) in [4.78, 5) is 0. The smallest absolute Gasteiger partial charge is 0.103 e. The van der Waals surface area contributed by atoms with Crippen LogP contribution in [0, 0.1) is 17.3 Å². The van der Waals surface area contributed by atoms with Crippen molar-refractivity contribution in [1.82, 2.24) is 0 Å². The summed E-state index contributed by atoms with van der Waals surface area (Å²) in [6.07, 6.45) is 9.07. The van der Waals surface area contributed by atoms with Gasteiger partial charge in [0.15, 0.2) is 0 Å². The van der Waals surface area contributed by atoms with Crippen LogP contribution in [0.1, 0.15) is 65.2 Å². The number of hydrogen-bond donors (Lipinski definition) is 0. The standard InChI is InChI=1S/C14H25F/c1-14(2)9-7-11(8-10-14)12-5-3-4-6-13(12)15/h11-13H,3-10H2,1-2H3. The van der Waals surface area contributed by atoms with Crippen LogP contribution in [0.2, 0.25) is 0 Å². The molecule has 2 rings (SSSR count). The third kappa shape index (κ3) is 2.73. The van der Waals surface area contributed by atoms with Crippen molar-refractivity contribution in [1.29, 1.82) is 0 Å². The van der Waals surface area contributed by atoms with Gasteiger partial charge >= 0.3 is 0 Å². The molecule has 0 nitrogen and oxygen atoms in total. The first-order valence-electron chi connectivity index (χ1n) is 6.72. The van der Waals surface area contributed by atoms with Gasteiger partial charge in [0.2, 0.25) is 0 Å². The highest BCUT2D eigenvalue weighted by Gasteiger charge is 2.36.